The van der Waals surface area contributed by atoms with E-state index in [0.717, 1.165) is 10.6 Å². The number of halogens is 2. The first-order chi connectivity index (χ1) is 15.7. The number of nitrogens with one attached hydrogen (secondary N) is 1. The third-order valence-electron chi connectivity index (χ3n) is 4.47. The maximum absolute atomic E-state index is 14.4. The van der Waals surface area contributed by atoms with Crippen LogP contribution in [0.2, 0.25) is 5.02 Å². The summed E-state index contributed by atoms with van der Waals surface area (Å²) in [4.78, 5) is 41.0. The Bertz CT molecular complexity index is 1270. The molecule has 174 valence electrons. The van der Waals surface area contributed by atoms with E-state index in [4.69, 9.17) is 21.4 Å². The van der Waals surface area contributed by atoms with Gasteiger partial charge < -0.3 is 15.2 Å². The fraction of sp³-hybridized carbons (Fsp3) is 0.273. The topological polar surface area (TPSA) is 115 Å². The Morgan fingerprint density at radius 2 is 1.88 bits per heavy atom. The van der Waals surface area contributed by atoms with Crippen LogP contribution in [0.15, 0.2) is 52.1 Å². The zero-order valence-electron chi connectivity index (χ0n) is 17.9. The zero-order chi connectivity index (χ0) is 24.1. The average Bonchev–Trinajstić information content (AvgIpc) is 2.76. The number of carbonyl (C=O) groups is 1. The molecule has 0 atom stereocenters. The predicted molar refractivity (Wildman–Crippen MR) is 121 cm³/mol. The Balaban J connectivity index is 2.04. The van der Waals surface area contributed by atoms with Gasteiger partial charge in [-0.2, -0.15) is 4.98 Å². The molecule has 1 heterocycles. The number of hydrogen-bond donors (Lipinski definition) is 2. The van der Waals surface area contributed by atoms with E-state index in [1.165, 1.54) is 12.1 Å². The van der Waals surface area contributed by atoms with Gasteiger partial charge in [0.1, 0.15) is 6.61 Å². The molecule has 11 heteroatoms. The SMILES string of the molecule is CC(C)Oc1ccc(Nc2nc(=O)n(CC(=O)CO)c(=O)n2Cc2ccc(Cl)cc2)cc1F. The highest BCUT2D eigenvalue weighted by atomic mass is 35.5. The van der Waals surface area contributed by atoms with Crippen molar-refractivity contribution in [2.45, 2.75) is 33.0 Å². The Hall–Kier alpha value is -3.50. The molecule has 0 spiro atoms. The molecule has 0 bridgehead atoms. The monoisotopic (exact) mass is 476 g/mol. The van der Waals surface area contributed by atoms with Crippen LogP contribution in [0, 0.1) is 5.82 Å². The van der Waals surface area contributed by atoms with Crippen molar-refractivity contribution in [3.8, 4) is 5.75 Å². The highest BCUT2D eigenvalue weighted by molar-refractivity contribution is 6.30. The van der Waals surface area contributed by atoms with Crippen molar-refractivity contribution in [2.75, 3.05) is 11.9 Å². The molecule has 0 aliphatic carbocycles. The second kappa shape index (κ2) is 10.4. The van der Waals surface area contributed by atoms with Gasteiger partial charge in [-0.15, -0.1) is 0 Å². The van der Waals surface area contributed by atoms with E-state index in [0.29, 0.717) is 15.2 Å². The summed E-state index contributed by atoms with van der Waals surface area (Å²) in [6, 6.07) is 10.7. The highest BCUT2D eigenvalue weighted by Gasteiger charge is 2.17. The summed E-state index contributed by atoms with van der Waals surface area (Å²) in [5.74, 6) is -1.45. The molecule has 33 heavy (non-hydrogen) atoms. The third-order valence-corrected chi connectivity index (χ3v) is 4.72. The number of aromatic nitrogens is 3. The smallest absolute Gasteiger partial charge is 0.355 e. The first-order valence-electron chi connectivity index (χ1n) is 10.00. The first kappa shape index (κ1) is 24.1. The lowest BCUT2D eigenvalue weighted by atomic mass is 10.2. The lowest BCUT2D eigenvalue weighted by molar-refractivity contribution is -0.122. The Morgan fingerprint density at radius 3 is 2.48 bits per heavy atom. The molecule has 2 aromatic carbocycles. The second-order valence-corrected chi connectivity index (χ2v) is 7.87. The normalized spacial score (nSPS) is 11.0. The standard InChI is InChI=1S/C22H22ClFN4O5/c1-13(2)33-19-8-7-16(9-18(19)24)25-20-26-21(31)28(11-17(30)12-29)22(32)27(20)10-14-3-5-15(23)6-4-14/h3-9,13,29H,10-12H2,1-2H3,(H,25,26,31). The van der Waals surface area contributed by atoms with Gasteiger partial charge in [-0.3, -0.25) is 9.36 Å². The van der Waals surface area contributed by atoms with Gasteiger partial charge >= 0.3 is 11.4 Å². The van der Waals surface area contributed by atoms with Crippen LogP contribution < -0.4 is 21.4 Å². The molecule has 0 aliphatic rings. The van der Waals surface area contributed by atoms with Gasteiger partial charge in [-0.25, -0.2) is 18.5 Å². The number of aliphatic hydroxyl groups is 1. The molecule has 2 N–H and O–H groups in total. The Labute approximate surface area is 193 Å². The average molecular weight is 477 g/mol. The quantitative estimate of drug-likeness (QED) is 0.487. The van der Waals surface area contributed by atoms with Crippen LogP contribution in [-0.2, 0) is 17.9 Å². The minimum Gasteiger partial charge on any atom is -0.488 e. The van der Waals surface area contributed by atoms with E-state index in [1.807, 2.05) is 0 Å². The molecule has 3 aromatic rings. The third kappa shape index (κ3) is 6.05. The van der Waals surface area contributed by atoms with Crippen LogP contribution in [0.4, 0.5) is 16.0 Å². The summed E-state index contributed by atoms with van der Waals surface area (Å²) < 4.78 is 21.5. The molecular weight excluding hydrogens is 455 g/mol. The van der Waals surface area contributed by atoms with Crippen molar-refractivity contribution >= 4 is 29.0 Å². The number of carbonyl (C=O) groups excluding carboxylic acids is 1. The van der Waals surface area contributed by atoms with Crippen molar-refractivity contribution in [1.29, 1.82) is 0 Å². The van der Waals surface area contributed by atoms with Crippen molar-refractivity contribution in [3.63, 3.8) is 0 Å². The molecular formula is C22H22ClFN4O5. The largest absolute Gasteiger partial charge is 0.488 e. The molecule has 0 radical (unpaired) electrons. The molecule has 0 unspecified atom stereocenters. The van der Waals surface area contributed by atoms with E-state index >= 15 is 0 Å². The van der Waals surface area contributed by atoms with Gasteiger partial charge in [0.05, 0.1) is 19.2 Å². The number of rotatable bonds is 9. The van der Waals surface area contributed by atoms with Crippen LogP contribution in [0.5, 0.6) is 5.75 Å². The number of benzene rings is 2. The van der Waals surface area contributed by atoms with Crippen LogP contribution in [-0.4, -0.2) is 37.7 Å². The van der Waals surface area contributed by atoms with Gasteiger partial charge in [-0.05, 0) is 43.7 Å². The number of ketones is 1. The van der Waals surface area contributed by atoms with Gasteiger partial charge in [0, 0.05) is 16.8 Å². The fourth-order valence-corrected chi connectivity index (χ4v) is 3.08. The lowest BCUT2D eigenvalue weighted by Crippen LogP contribution is -2.44. The Morgan fingerprint density at radius 1 is 1.18 bits per heavy atom. The van der Waals surface area contributed by atoms with Gasteiger partial charge in [0.15, 0.2) is 17.3 Å². The van der Waals surface area contributed by atoms with Gasteiger partial charge in [0.25, 0.3) is 0 Å². The number of ether oxygens (including phenoxy) is 1. The van der Waals surface area contributed by atoms with Crippen LogP contribution in [0.3, 0.4) is 0 Å². The molecule has 3 rings (SSSR count). The van der Waals surface area contributed by atoms with Crippen LogP contribution in [0.25, 0.3) is 0 Å². The van der Waals surface area contributed by atoms with Crippen LogP contribution in [0.1, 0.15) is 19.4 Å². The summed E-state index contributed by atoms with van der Waals surface area (Å²) in [6.45, 7) is 2.06. The van der Waals surface area contributed by atoms with E-state index in [-0.39, 0.29) is 30.0 Å². The van der Waals surface area contributed by atoms with Gasteiger partial charge in [-0.1, -0.05) is 23.7 Å². The molecule has 0 aliphatic heterocycles. The summed E-state index contributed by atoms with van der Waals surface area (Å²) >= 11 is 5.92. The molecule has 0 saturated heterocycles. The predicted octanol–water partition coefficient (Wildman–Crippen LogP) is 2.34. The van der Waals surface area contributed by atoms with E-state index in [9.17, 15) is 18.8 Å². The number of hydrogen-bond acceptors (Lipinski definition) is 7. The van der Waals surface area contributed by atoms with Crippen LogP contribution >= 0.6 is 11.6 Å². The highest BCUT2D eigenvalue weighted by Crippen LogP contribution is 2.24. The summed E-state index contributed by atoms with van der Waals surface area (Å²) in [7, 11) is 0. The first-order valence-corrected chi connectivity index (χ1v) is 10.4. The number of Topliss-reactive ketones (excluding diaryl/α,β-unsaturated/α-hetero) is 1. The zero-order valence-corrected chi connectivity index (χ0v) is 18.7. The second-order valence-electron chi connectivity index (χ2n) is 7.43. The molecule has 0 saturated carbocycles. The fourth-order valence-electron chi connectivity index (χ4n) is 2.96. The Kier molecular flexibility index (Phi) is 7.62. The number of nitrogens with zero attached hydrogens (tertiary/aromatic N) is 3. The van der Waals surface area contributed by atoms with E-state index < -0.39 is 36.1 Å². The van der Waals surface area contributed by atoms with Gasteiger partial charge in [0.2, 0.25) is 5.95 Å². The van der Waals surface area contributed by atoms with Crippen molar-refractivity contribution in [2.24, 2.45) is 0 Å². The summed E-state index contributed by atoms with van der Waals surface area (Å²) in [5, 5.41) is 12.3. The lowest BCUT2D eigenvalue weighted by Gasteiger charge is -2.16. The van der Waals surface area contributed by atoms with Crippen molar-refractivity contribution < 1.29 is 19.0 Å². The van der Waals surface area contributed by atoms with Crippen molar-refractivity contribution in [1.82, 2.24) is 14.1 Å². The summed E-state index contributed by atoms with van der Waals surface area (Å²) in [5.41, 5.74) is -0.924. The van der Waals surface area contributed by atoms with E-state index in [1.54, 1.807) is 38.1 Å². The summed E-state index contributed by atoms with van der Waals surface area (Å²) in [6.07, 6.45) is -0.223. The van der Waals surface area contributed by atoms with E-state index in [2.05, 4.69) is 10.3 Å². The number of aliphatic hydroxyl groups excluding tert-OH is 1. The van der Waals surface area contributed by atoms with Crippen molar-refractivity contribution in [3.05, 3.63) is 79.8 Å². The number of anilines is 2. The molecule has 0 amide bonds. The molecule has 1 aromatic heterocycles. The maximum Gasteiger partial charge on any atom is 0.355 e. The molecule has 9 nitrogen and oxygen atoms in total. The minimum atomic E-state index is -0.989. The maximum atomic E-state index is 14.4. The molecule has 0 fully saturated rings. The minimum absolute atomic E-state index is 0.0179.